The summed E-state index contributed by atoms with van der Waals surface area (Å²) in [5, 5.41) is 2.73. The van der Waals surface area contributed by atoms with E-state index in [4.69, 9.17) is 0 Å². The van der Waals surface area contributed by atoms with Crippen molar-refractivity contribution in [2.45, 2.75) is 26.2 Å². The van der Waals surface area contributed by atoms with E-state index < -0.39 is 0 Å². The van der Waals surface area contributed by atoms with E-state index in [9.17, 15) is 0 Å². The Kier molecular flexibility index (Phi) is 4.51. The van der Waals surface area contributed by atoms with Gasteiger partial charge in [0.05, 0.1) is 0 Å². The zero-order valence-electron chi connectivity index (χ0n) is 18.2. The summed E-state index contributed by atoms with van der Waals surface area (Å²) in [7, 11) is 4.38. The standard InChI is InChI=1S/C28H28N2/c1-19-27(22-14-8-10-16-25(22)29(19)3)24(18-21-12-6-5-7-13-21)28-20(2)30(4)26-17-11-9-15-23(26)28/h5-17,24H,18H2,1-4H3. The molecular weight excluding hydrogens is 364 g/mol. The van der Waals surface area contributed by atoms with Gasteiger partial charge in [-0.3, -0.25) is 0 Å². The summed E-state index contributed by atoms with van der Waals surface area (Å²) >= 11 is 0. The first-order chi connectivity index (χ1) is 14.6. The Morgan fingerprint density at radius 2 is 1.03 bits per heavy atom. The average molecular weight is 393 g/mol. The molecule has 30 heavy (non-hydrogen) atoms. The Morgan fingerprint density at radius 1 is 0.600 bits per heavy atom. The van der Waals surface area contributed by atoms with Gasteiger partial charge in [0.25, 0.3) is 0 Å². The third-order valence-electron chi connectivity index (χ3n) is 6.88. The first-order valence-corrected chi connectivity index (χ1v) is 10.7. The van der Waals surface area contributed by atoms with Crippen LogP contribution >= 0.6 is 0 Å². The third-order valence-corrected chi connectivity index (χ3v) is 6.88. The largest absolute Gasteiger partial charge is 0.348 e. The lowest BCUT2D eigenvalue weighted by atomic mass is 9.83. The van der Waals surface area contributed by atoms with Gasteiger partial charge in [-0.1, -0.05) is 66.7 Å². The number of para-hydroxylation sites is 2. The monoisotopic (exact) mass is 392 g/mol. The predicted octanol–water partition coefficient (Wildman–Crippen LogP) is 6.66. The summed E-state index contributed by atoms with van der Waals surface area (Å²) in [5.41, 5.74) is 9.60. The van der Waals surface area contributed by atoms with E-state index in [-0.39, 0.29) is 0 Å². The Hall–Kier alpha value is -3.26. The van der Waals surface area contributed by atoms with Gasteiger partial charge in [0.1, 0.15) is 0 Å². The summed E-state index contributed by atoms with van der Waals surface area (Å²) in [4.78, 5) is 0. The minimum atomic E-state index is 0.296. The van der Waals surface area contributed by atoms with Crippen LogP contribution in [0.15, 0.2) is 78.9 Å². The van der Waals surface area contributed by atoms with Gasteiger partial charge in [-0.25, -0.2) is 0 Å². The van der Waals surface area contributed by atoms with E-state index in [0.717, 1.165) is 6.42 Å². The molecule has 0 saturated heterocycles. The van der Waals surface area contributed by atoms with Crippen LogP contribution in [0, 0.1) is 13.8 Å². The second-order valence-electron chi connectivity index (χ2n) is 8.39. The molecule has 0 unspecified atom stereocenters. The lowest BCUT2D eigenvalue weighted by Gasteiger charge is -2.20. The minimum absolute atomic E-state index is 0.296. The van der Waals surface area contributed by atoms with Crippen molar-refractivity contribution in [3.63, 3.8) is 0 Å². The Balaban J connectivity index is 1.83. The van der Waals surface area contributed by atoms with E-state index >= 15 is 0 Å². The summed E-state index contributed by atoms with van der Waals surface area (Å²) in [5.74, 6) is 0.296. The van der Waals surface area contributed by atoms with Crippen molar-refractivity contribution < 1.29 is 0 Å². The first-order valence-electron chi connectivity index (χ1n) is 10.7. The van der Waals surface area contributed by atoms with Crippen molar-refractivity contribution >= 4 is 21.8 Å². The molecule has 2 heteroatoms. The Morgan fingerprint density at radius 3 is 1.53 bits per heavy atom. The number of hydrogen-bond acceptors (Lipinski definition) is 0. The maximum absolute atomic E-state index is 2.35. The highest BCUT2D eigenvalue weighted by Crippen LogP contribution is 2.42. The molecule has 0 aliphatic heterocycles. The van der Waals surface area contributed by atoms with Crippen LogP contribution in [0.4, 0.5) is 0 Å². The number of fused-ring (bicyclic) bond motifs is 2. The van der Waals surface area contributed by atoms with Gasteiger partial charge in [-0.15, -0.1) is 0 Å². The highest BCUT2D eigenvalue weighted by atomic mass is 15.0. The molecule has 0 bridgehead atoms. The van der Waals surface area contributed by atoms with E-state index in [1.54, 1.807) is 0 Å². The van der Waals surface area contributed by atoms with Crippen LogP contribution in [0.1, 0.15) is 34.0 Å². The maximum Gasteiger partial charge on any atom is 0.0482 e. The number of rotatable bonds is 4. The molecule has 5 rings (SSSR count). The van der Waals surface area contributed by atoms with Crippen LogP contribution in [-0.4, -0.2) is 9.13 Å². The Bertz CT molecular complexity index is 1270. The maximum atomic E-state index is 2.35. The molecule has 150 valence electrons. The van der Waals surface area contributed by atoms with Gasteiger partial charge in [0.15, 0.2) is 0 Å². The molecule has 0 aliphatic rings. The second kappa shape index (κ2) is 7.21. The van der Waals surface area contributed by atoms with Gasteiger partial charge in [0, 0.05) is 53.2 Å². The van der Waals surface area contributed by atoms with Crippen molar-refractivity contribution in [3.05, 3.63) is 107 Å². The van der Waals surface area contributed by atoms with Gasteiger partial charge >= 0.3 is 0 Å². The predicted molar refractivity (Wildman–Crippen MR) is 127 cm³/mol. The number of benzene rings is 3. The molecule has 0 spiro atoms. The lowest BCUT2D eigenvalue weighted by Crippen LogP contribution is -2.09. The van der Waals surface area contributed by atoms with Crippen molar-refractivity contribution in [2.75, 3.05) is 0 Å². The average Bonchev–Trinajstić information content (AvgIpc) is 3.18. The first kappa shape index (κ1) is 18.7. The topological polar surface area (TPSA) is 9.86 Å². The Labute approximate surface area is 178 Å². The van der Waals surface area contributed by atoms with E-state index in [1.165, 1.54) is 49.9 Å². The number of aromatic nitrogens is 2. The molecule has 0 N–H and O–H groups in total. The second-order valence-corrected chi connectivity index (χ2v) is 8.39. The van der Waals surface area contributed by atoms with Crippen molar-refractivity contribution in [2.24, 2.45) is 14.1 Å². The number of hydrogen-bond donors (Lipinski definition) is 0. The molecule has 0 atom stereocenters. The van der Waals surface area contributed by atoms with Crippen LogP contribution in [0.2, 0.25) is 0 Å². The molecular formula is C28H28N2. The van der Waals surface area contributed by atoms with Crippen molar-refractivity contribution in [1.82, 2.24) is 9.13 Å². The minimum Gasteiger partial charge on any atom is -0.348 e. The summed E-state index contributed by atoms with van der Waals surface area (Å²) < 4.78 is 4.70. The molecule has 0 amide bonds. The van der Waals surface area contributed by atoms with E-state index in [2.05, 4.69) is 116 Å². The quantitative estimate of drug-likeness (QED) is 0.323. The molecule has 5 aromatic rings. The van der Waals surface area contributed by atoms with Crippen LogP contribution in [0.25, 0.3) is 21.8 Å². The molecule has 2 heterocycles. The SMILES string of the molecule is Cc1c(C(Cc2ccccc2)c2c(C)n(C)c3ccccc23)c2ccccc2n1C. The van der Waals surface area contributed by atoms with Crippen LogP contribution in [0.5, 0.6) is 0 Å². The summed E-state index contributed by atoms with van der Waals surface area (Å²) in [6.07, 6.45) is 0.991. The van der Waals surface area contributed by atoms with E-state index in [0.29, 0.717) is 5.92 Å². The van der Waals surface area contributed by atoms with Gasteiger partial charge in [-0.05, 0) is 49.1 Å². The summed E-state index contributed by atoms with van der Waals surface area (Å²) in [6.45, 7) is 4.54. The van der Waals surface area contributed by atoms with Gasteiger partial charge in [-0.2, -0.15) is 0 Å². The zero-order valence-corrected chi connectivity index (χ0v) is 18.2. The molecule has 0 aliphatic carbocycles. The smallest absolute Gasteiger partial charge is 0.0482 e. The normalized spacial score (nSPS) is 11.8. The summed E-state index contributed by atoms with van der Waals surface area (Å²) in [6, 6.07) is 28.6. The highest BCUT2D eigenvalue weighted by molar-refractivity contribution is 5.90. The van der Waals surface area contributed by atoms with Gasteiger partial charge < -0.3 is 9.13 Å². The number of nitrogens with zero attached hydrogens (tertiary/aromatic N) is 2. The molecule has 0 fully saturated rings. The van der Waals surface area contributed by atoms with Crippen LogP contribution < -0.4 is 0 Å². The third kappa shape index (κ3) is 2.79. The van der Waals surface area contributed by atoms with Gasteiger partial charge in [0.2, 0.25) is 0 Å². The highest BCUT2D eigenvalue weighted by Gasteiger charge is 2.27. The molecule has 2 nitrogen and oxygen atoms in total. The zero-order chi connectivity index (χ0) is 20.8. The van der Waals surface area contributed by atoms with Crippen molar-refractivity contribution in [3.8, 4) is 0 Å². The molecule has 3 aromatic carbocycles. The fourth-order valence-electron chi connectivity index (χ4n) is 5.18. The van der Waals surface area contributed by atoms with Crippen LogP contribution in [-0.2, 0) is 20.5 Å². The van der Waals surface area contributed by atoms with E-state index in [1.807, 2.05) is 0 Å². The fraction of sp³-hybridized carbons (Fsp3) is 0.214. The molecule has 0 saturated carbocycles. The van der Waals surface area contributed by atoms with Crippen LogP contribution in [0.3, 0.4) is 0 Å². The molecule has 2 aromatic heterocycles. The molecule has 0 radical (unpaired) electrons. The van der Waals surface area contributed by atoms with Crippen molar-refractivity contribution in [1.29, 1.82) is 0 Å². The number of aryl methyl sites for hydroxylation is 2. The fourth-order valence-corrected chi connectivity index (χ4v) is 5.18. The lowest BCUT2D eigenvalue weighted by molar-refractivity contribution is 0.774.